The topological polar surface area (TPSA) is 73.3 Å². The maximum absolute atomic E-state index is 11.9. The molecule has 1 aromatic heterocycles. The van der Waals surface area contributed by atoms with Crippen LogP contribution < -0.4 is 10.1 Å². The molecule has 9 heteroatoms. The standard InChI is InChI=1S/C14H13BrClN3O3S/c15-9-6-8(16)3-4-10(9)22-7-12(20)17-14-19-18-13(23-14)11-2-1-5-21-11/h3-4,6,11H,1-2,5,7H2,(H,17,19,20). The maximum Gasteiger partial charge on any atom is 0.264 e. The van der Waals surface area contributed by atoms with Gasteiger partial charge in [0, 0.05) is 11.6 Å². The lowest BCUT2D eigenvalue weighted by Gasteiger charge is -2.07. The van der Waals surface area contributed by atoms with Gasteiger partial charge in [-0.2, -0.15) is 0 Å². The summed E-state index contributed by atoms with van der Waals surface area (Å²) in [5.74, 6) is 0.240. The van der Waals surface area contributed by atoms with Crippen molar-refractivity contribution in [2.24, 2.45) is 0 Å². The zero-order valence-corrected chi connectivity index (χ0v) is 15.1. The fourth-order valence-corrected chi connectivity index (χ4v) is 3.72. The fourth-order valence-electron chi connectivity index (χ4n) is 2.08. The Morgan fingerprint density at radius 3 is 3.13 bits per heavy atom. The van der Waals surface area contributed by atoms with Gasteiger partial charge in [-0.25, -0.2) is 0 Å². The van der Waals surface area contributed by atoms with Crippen molar-refractivity contribution in [2.45, 2.75) is 18.9 Å². The van der Waals surface area contributed by atoms with Crippen molar-refractivity contribution < 1.29 is 14.3 Å². The number of rotatable bonds is 5. The molecule has 6 nitrogen and oxygen atoms in total. The Bertz CT molecular complexity index is 706. The number of amides is 1. The van der Waals surface area contributed by atoms with Crippen molar-refractivity contribution in [1.82, 2.24) is 10.2 Å². The number of nitrogens with one attached hydrogen (secondary N) is 1. The van der Waals surface area contributed by atoms with Gasteiger partial charge in [-0.3, -0.25) is 10.1 Å². The Labute approximate surface area is 150 Å². The molecular formula is C14H13BrClN3O3S. The molecule has 1 atom stereocenters. The van der Waals surface area contributed by atoms with Gasteiger partial charge in [0.1, 0.15) is 16.9 Å². The van der Waals surface area contributed by atoms with E-state index < -0.39 is 0 Å². The van der Waals surface area contributed by atoms with Crippen LogP contribution in [0.15, 0.2) is 22.7 Å². The molecule has 122 valence electrons. The molecular weight excluding hydrogens is 406 g/mol. The second kappa shape index (κ2) is 7.57. The van der Waals surface area contributed by atoms with Gasteiger partial charge in [-0.05, 0) is 47.0 Å². The van der Waals surface area contributed by atoms with E-state index in [4.69, 9.17) is 21.1 Å². The van der Waals surface area contributed by atoms with Gasteiger partial charge in [0.25, 0.3) is 5.91 Å². The first-order valence-corrected chi connectivity index (χ1v) is 8.93. The van der Waals surface area contributed by atoms with Crippen LogP contribution in [0.3, 0.4) is 0 Å². The van der Waals surface area contributed by atoms with E-state index in [1.165, 1.54) is 11.3 Å². The number of benzene rings is 1. The third kappa shape index (κ3) is 4.41. The molecule has 1 amide bonds. The predicted octanol–water partition coefficient (Wildman–Crippen LogP) is 3.82. The molecule has 0 radical (unpaired) electrons. The van der Waals surface area contributed by atoms with Crippen LogP contribution in [0, 0.1) is 0 Å². The number of anilines is 1. The zero-order valence-electron chi connectivity index (χ0n) is 11.9. The molecule has 1 aliphatic rings. The Kier molecular flexibility index (Phi) is 5.47. The Balaban J connectivity index is 1.53. The first-order valence-electron chi connectivity index (χ1n) is 6.94. The van der Waals surface area contributed by atoms with Crippen molar-refractivity contribution in [3.05, 3.63) is 32.7 Å². The normalized spacial score (nSPS) is 17.2. The Morgan fingerprint density at radius 1 is 1.52 bits per heavy atom. The summed E-state index contributed by atoms with van der Waals surface area (Å²) in [5.41, 5.74) is 0. The minimum Gasteiger partial charge on any atom is -0.483 e. The third-order valence-electron chi connectivity index (χ3n) is 3.14. The molecule has 3 rings (SSSR count). The molecule has 0 saturated carbocycles. The highest BCUT2D eigenvalue weighted by atomic mass is 79.9. The van der Waals surface area contributed by atoms with Crippen LogP contribution in [0.4, 0.5) is 5.13 Å². The highest BCUT2D eigenvalue weighted by molar-refractivity contribution is 9.10. The summed E-state index contributed by atoms with van der Waals surface area (Å²) < 4.78 is 11.7. The fraction of sp³-hybridized carbons (Fsp3) is 0.357. The average Bonchev–Trinajstić information content (AvgIpc) is 3.17. The molecule has 1 unspecified atom stereocenters. The summed E-state index contributed by atoms with van der Waals surface area (Å²) in [6.45, 7) is 0.616. The summed E-state index contributed by atoms with van der Waals surface area (Å²) in [5, 5.41) is 12.5. The van der Waals surface area contributed by atoms with E-state index in [0.29, 0.717) is 20.4 Å². The molecule has 0 aliphatic carbocycles. The van der Waals surface area contributed by atoms with Crippen LogP contribution in [0.5, 0.6) is 5.75 Å². The van der Waals surface area contributed by atoms with Gasteiger partial charge in [-0.15, -0.1) is 10.2 Å². The number of nitrogens with zero attached hydrogens (tertiary/aromatic N) is 2. The second-order valence-corrected chi connectivity index (χ2v) is 7.16. The van der Waals surface area contributed by atoms with Gasteiger partial charge in [0.15, 0.2) is 6.61 Å². The molecule has 1 aromatic carbocycles. The quantitative estimate of drug-likeness (QED) is 0.799. The van der Waals surface area contributed by atoms with Gasteiger partial charge in [0.2, 0.25) is 5.13 Å². The van der Waals surface area contributed by atoms with Crippen LogP contribution in [-0.2, 0) is 9.53 Å². The molecule has 2 heterocycles. The third-order valence-corrected chi connectivity index (χ3v) is 4.93. The summed E-state index contributed by atoms with van der Waals surface area (Å²) in [6.07, 6.45) is 1.96. The van der Waals surface area contributed by atoms with Crippen LogP contribution in [0.1, 0.15) is 24.0 Å². The number of carbonyl (C=O) groups excluding carboxylic acids is 1. The van der Waals surface area contributed by atoms with E-state index in [1.54, 1.807) is 18.2 Å². The lowest BCUT2D eigenvalue weighted by Crippen LogP contribution is -2.20. The molecule has 0 bridgehead atoms. The van der Waals surface area contributed by atoms with Gasteiger partial charge in [0.05, 0.1) is 4.47 Å². The van der Waals surface area contributed by atoms with Crippen molar-refractivity contribution in [1.29, 1.82) is 0 Å². The number of halogens is 2. The number of aromatic nitrogens is 2. The van der Waals surface area contributed by atoms with Crippen LogP contribution >= 0.6 is 38.9 Å². The van der Waals surface area contributed by atoms with E-state index in [1.807, 2.05) is 0 Å². The largest absolute Gasteiger partial charge is 0.483 e. The van der Waals surface area contributed by atoms with Crippen molar-refractivity contribution in [3.8, 4) is 5.75 Å². The second-order valence-electron chi connectivity index (χ2n) is 4.86. The van der Waals surface area contributed by atoms with Crippen molar-refractivity contribution in [3.63, 3.8) is 0 Å². The highest BCUT2D eigenvalue weighted by Gasteiger charge is 2.22. The predicted molar refractivity (Wildman–Crippen MR) is 91.1 cm³/mol. The summed E-state index contributed by atoms with van der Waals surface area (Å²) in [4.78, 5) is 11.9. The van der Waals surface area contributed by atoms with E-state index in [-0.39, 0.29) is 18.6 Å². The smallest absolute Gasteiger partial charge is 0.264 e. The first kappa shape index (κ1) is 16.6. The van der Waals surface area contributed by atoms with Crippen molar-refractivity contribution in [2.75, 3.05) is 18.5 Å². The molecule has 1 saturated heterocycles. The molecule has 1 N–H and O–H groups in total. The molecule has 1 aliphatic heterocycles. The number of carbonyl (C=O) groups is 1. The zero-order chi connectivity index (χ0) is 16.2. The monoisotopic (exact) mass is 417 g/mol. The number of hydrogen-bond acceptors (Lipinski definition) is 6. The van der Waals surface area contributed by atoms with Crippen LogP contribution in [0.25, 0.3) is 0 Å². The van der Waals surface area contributed by atoms with Gasteiger partial charge >= 0.3 is 0 Å². The lowest BCUT2D eigenvalue weighted by molar-refractivity contribution is -0.118. The highest BCUT2D eigenvalue weighted by Crippen LogP contribution is 2.32. The minimum atomic E-state index is -0.304. The Hall–Kier alpha value is -1.22. The van der Waals surface area contributed by atoms with Gasteiger partial charge in [-0.1, -0.05) is 22.9 Å². The summed E-state index contributed by atoms with van der Waals surface area (Å²) in [7, 11) is 0. The first-order chi connectivity index (χ1) is 11.1. The minimum absolute atomic E-state index is 0.000533. The van der Waals surface area contributed by atoms with E-state index >= 15 is 0 Å². The van der Waals surface area contributed by atoms with Crippen LogP contribution in [0.2, 0.25) is 5.02 Å². The van der Waals surface area contributed by atoms with E-state index in [9.17, 15) is 4.79 Å². The average molecular weight is 419 g/mol. The molecule has 0 spiro atoms. The Morgan fingerprint density at radius 2 is 2.39 bits per heavy atom. The lowest BCUT2D eigenvalue weighted by atomic mass is 10.2. The van der Waals surface area contributed by atoms with Crippen LogP contribution in [-0.4, -0.2) is 29.3 Å². The summed E-state index contributed by atoms with van der Waals surface area (Å²) >= 11 is 10.5. The van der Waals surface area contributed by atoms with Crippen molar-refractivity contribution >= 4 is 49.9 Å². The van der Waals surface area contributed by atoms with E-state index in [0.717, 1.165) is 24.5 Å². The maximum atomic E-state index is 11.9. The van der Waals surface area contributed by atoms with Gasteiger partial charge < -0.3 is 9.47 Å². The molecule has 23 heavy (non-hydrogen) atoms. The van der Waals surface area contributed by atoms with E-state index in [2.05, 4.69) is 31.4 Å². The number of ether oxygens (including phenoxy) is 2. The number of hydrogen-bond donors (Lipinski definition) is 1. The summed E-state index contributed by atoms with van der Waals surface area (Å²) in [6, 6.07) is 5.09. The SMILES string of the molecule is O=C(COc1ccc(Cl)cc1Br)Nc1nnc(C2CCCO2)s1. The molecule has 2 aromatic rings. The molecule has 1 fully saturated rings.